The van der Waals surface area contributed by atoms with Gasteiger partial charge >= 0.3 is 0 Å². The molecule has 0 saturated heterocycles. The van der Waals surface area contributed by atoms with Gasteiger partial charge in [-0.05, 0) is 29.8 Å². The Labute approximate surface area is 174 Å². The van der Waals surface area contributed by atoms with Crippen LogP contribution in [0, 0.1) is 0 Å². The number of carbonyl (C=O) groups excluding carboxylic acids is 1. The number of rotatable bonds is 10. The predicted octanol–water partition coefficient (Wildman–Crippen LogP) is 3.21. The van der Waals surface area contributed by atoms with Gasteiger partial charge in [0.1, 0.15) is 4.90 Å². The number of ether oxygens (including phenoxy) is 1. The van der Waals surface area contributed by atoms with E-state index < -0.39 is 9.84 Å². The Morgan fingerprint density at radius 3 is 2.64 bits per heavy atom. The molecule has 0 spiro atoms. The van der Waals surface area contributed by atoms with Crippen LogP contribution in [-0.2, 0) is 20.4 Å². The first-order valence-electron chi connectivity index (χ1n) is 8.51. The van der Waals surface area contributed by atoms with E-state index in [0.29, 0.717) is 17.3 Å². The molecule has 0 aromatic heterocycles. The summed E-state index contributed by atoms with van der Waals surface area (Å²) >= 11 is 7.65. The summed E-state index contributed by atoms with van der Waals surface area (Å²) in [6.07, 6.45) is 1.11. The van der Waals surface area contributed by atoms with E-state index in [1.165, 1.54) is 13.2 Å². The van der Waals surface area contributed by atoms with Gasteiger partial charge in [-0.25, -0.2) is 8.42 Å². The summed E-state index contributed by atoms with van der Waals surface area (Å²) in [6.45, 7) is 0.550. The molecule has 0 heterocycles. The largest absolute Gasteiger partial charge is 0.493 e. The van der Waals surface area contributed by atoms with E-state index in [1.54, 1.807) is 23.9 Å². The Kier molecular flexibility index (Phi) is 8.47. The number of para-hydroxylation sites is 1. The number of anilines is 1. The van der Waals surface area contributed by atoms with Gasteiger partial charge in [-0.2, -0.15) is 11.8 Å². The zero-order valence-electron chi connectivity index (χ0n) is 15.7. The van der Waals surface area contributed by atoms with Crippen molar-refractivity contribution in [3.05, 3.63) is 53.1 Å². The number of sulfone groups is 1. The molecule has 2 aromatic rings. The van der Waals surface area contributed by atoms with Crippen molar-refractivity contribution in [2.45, 2.75) is 10.6 Å². The highest BCUT2D eigenvalue weighted by Crippen LogP contribution is 2.31. The van der Waals surface area contributed by atoms with E-state index >= 15 is 0 Å². The Morgan fingerprint density at radius 1 is 1.21 bits per heavy atom. The maximum atomic E-state index is 12.0. The van der Waals surface area contributed by atoms with Gasteiger partial charge in [0, 0.05) is 29.3 Å². The fraction of sp³-hybridized carbons (Fsp3) is 0.316. The van der Waals surface area contributed by atoms with Gasteiger partial charge in [0.15, 0.2) is 15.6 Å². The molecule has 0 aliphatic heterocycles. The van der Waals surface area contributed by atoms with E-state index in [9.17, 15) is 13.2 Å². The van der Waals surface area contributed by atoms with Gasteiger partial charge in [-0.1, -0.05) is 29.8 Å². The van der Waals surface area contributed by atoms with Crippen LogP contribution in [0.15, 0.2) is 47.4 Å². The first kappa shape index (κ1) is 22.4. The van der Waals surface area contributed by atoms with Gasteiger partial charge < -0.3 is 15.4 Å². The average Bonchev–Trinajstić information content (AvgIpc) is 2.65. The van der Waals surface area contributed by atoms with Gasteiger partial charge in [-0.15, -0.1) is 0 Å². The molecule has 1 amide bonds. The Bertz CT molecular complexity index is 920. The van der Waals surface area contributed by atoms with Crippen molar-refractivity contribution in [1.82, 2.24) is 5.32 Å². The molecule has 0 radical (unpaired) electrons. The Morgan fingerprint density at radius 2 is 1.96 bits per heavy atom. The van der Waals surface area contributed by atoms with Crippen molar-refractivity contribution in [1.29, 1.82) is 0 Å². The summed E-state index contributed by atoms with van der Waals surface area (Å²) in [5, 5.41) is 6.47. The van der Waals surface area contributed by atoms with Gasteiger partial charge in [0.25, 0.3) is 0 Å². The highest BCUT2D eigenvalue weighted by Gasteiger charge is 2.17. The van der Waals surface area contributed by atoms with E-state index in [1.807, 2.05) is 24.3 Å². The quantitative estimate of drug-likeness (QED) is 0.549. The first-order valence-corrected chi connectivity index (χ1v) is 11.9. The first-order chi connectivity index (χ1) is 13.3. The molecule has 0 unspecified atom stereocenters. The van der Waals surface area contributed by atoms with Crippen LogP contribution >= 0.6 is 23.4 Å². The van der Waals surface area contributed by atoms with Gasteiger partial charge in [-0.3, -0.25) is 4.79 Å². The molecule has 9 heteroatoms. The number of amides is 1. The summed E-state index contributed by atoms with van der Waals surface area (Å²) in [5.41, 5.74) is 1.60. The number of halogens is 1. The van der Waals surface area contributed by atoms with Gasteiger partial charge in [0.05, 0.1) is 19.3 Å². The lowest BCUT2D eigenvalue weighted by atomic mass is 10.2. The van der Waals surface area contributed by atoms with Crippen LogP contribution in [0.5, 0.6) is 5.75 Å². The van der Waals surface area contributed by atoms with E-state index in [-0.39, 0.29) is 23.1 Å². The Balaban J connectivity index is 1.77. The van der Waals surface area contributed by atoms with Gasteiger partial charge in [0.2, 0.25) is 5.91 Å². The highest BCUT2D eigenvalue weighted by molar-refractivity contribution is 7.98. The molecule has 152 valence electrons. The molecule has 0 saturated carbocycles. The molecule has 6 nitrogen and oxygen atoms in total. The highest BCUT2D eigenvalue weighted by atomic mass is 35.5. The van der Waals surface area contributed by atoms with E-state index in [2.05, 4.69) is 10.6 Å². The number of carbonyl (C=O) groups is 1. The summed E-state index contributed by atoms with van der Waals surface area (Å²) in [7, 11) is -2.03. The maximum absolute atomic E-state index is 12.0. The number of methoxy groups -OCH3 is 1. The number of hydrogen-bond donors (Lipinski definition) is 2. The van der Waals surface area contributed by atoms with Crippen molar-refractivity contribution < 1.29 is 17.9 Å². The molecule has 0 atom stereocenters. The monoisotopic (exact) mass is 442 g/mol. The van der Waals surface area contributed by atoms with Crippen molar-refractivity contribution in [2.24, 2.45) is 0 Å². The lowest BCUT2D eigenvalue weighted by Crippen LogP contribution is -2.31. The molecule has 0 aliphatic carbocycles. The molecule has 2 N–H and O–H groups in total. The molecule has 2 aromatic carbocycles. The van der Waals surface area contributed by atoms with Crippen molar-refractivity contribution in [3.8, 4) is 5.75 Å². The predicted molar refractivity (Wildman–Crippen MR) is 115 cm³/mol. The molecule has 0 fully saturated rings. The van der Waals surface area contributed by atoms with Crippen LogP contribution in [0.3, 0.4) is 0 Å². The number of thioether (sulfide) groups is 1. The second-order valence-corrected chi connectivity index (χ2v) is 9.52. The van der Waals surface area contributed by atoms with E-state index in [0.717, 1.165) is 23.3 Å². The van der Waals surface area contributed by atoms with Crippen LogP contribution in [0.2, 0.25) is 5.02 Å². The summed E-state index contributed by atoms with van der Waals surface area (Å²) in [6, 6.07) is 12.4. The fourth-order valence-electron chi connectivity index (χ4n) is 2.47. The number of nitrogens with one attached hydrogen (secondary N) is 2. The summed E-state index contributed by atoms with van der Waals surface area (Å²) < 4.78 is 28.9. The zero-order valence-corrected chi connectivity index (χ0v) is 18.1. The van der Waals surface area contributed by atoms with Crippen molar-refractivity contribution >= 4 is 44.8 Å². The summed E-state index contributed by atoms with van der Waals surface area (Å²) in [4.78, 5) is 12.1. The third-order valence-corrected chi connectivity index (χ3v) is 6.13. The number of benzene rings is 2. The molecular weight excluding hydrogens is 420 g/mol. The van der Waals surface area contributed by atoms with Crippen LogP contribution in [-0.4, -0.2) is 46.5 Å². The maximum Gasteiger partial charge on any atom is 0.239 e. The second kappa shape index (κ2) is 10.6. The third-order valence-electron chi connectivity index (χ3n) is 3.75. The number of hydrogen-bond acceptors (Lipinski definition) is 6. The van der Waals surface area contributed by atoms with Crippen LogP contribution < -0.4 is 15.4 Å². The molecular formula is C19H23ClN2O4S2. The lowest BCUT2D eigenvalue weighted by Gasteiger charge is -2.14. The minimum absolute atomic E-state index is 0.0164. The smallest absolute Gasteiger partial charge is 0.239 e. The van der Waals surface area contributed by atoms with Crippen molar-refractivity contribution in [2.75, 3.05) is 37.5 Å². The molecule has 0 aliphatic rings. The Hall–Kier alpha value is -1.90. The van der Waals surface area contributed by atoms with Crippen LogP contribution in [0.25, 0.3) is 0 Å². The SMILES string of the molecule is COc1c(NCC(=O)NCCSCc2cccc(Cl)c2)cccc1S(C)(=O)=O. The lowest BCUT2D eigenvalue weighted by molar-refractivity contribution is -0.119. The topological polar surface area (TPSA) is 84.5 Å². The van der Waals surface area contributed by atoms with E-state index in [4.69, 9.17) is 16.3 Å². The molecule has 28 heavy (non-hydrogen) atoms. The molecule has 0 bridgehead atoms. The standard InChI is InChI=1S/C19H23ClN2O4S2/c1-26-19-16(7-4-8-17(19)28(2,24)25)22-12-18(23)21-9-10-27-13-14-5-3-6-15(20)11-14/h3-8,11,22H,9-10,12-13H2,1-2H3,(H,21,23). The zero-order chi connectivity index (χ0) is 20.6. The normalized spacial score (nSPS) is 11.1. The molecule has 2 rings (SSSR count). The fourth-order valence-corrected chi connectivity index (χ4v) is 4.35. The van der Waals surface area contributed by atoms with Crippen molar-refractivity contribution in [3.63, 3.8) is 0 Å². The third kappa shape index (κ3) is 6.92. The van der Waals surface area contributed by atoms with Crippen LogP contribution in [0.4, 0.5) is 5.69 Å². The second-order valence-electron chi connectivity index (χ2n) is 6.00. The minimum atomic E-state index is -3.43. The van der Waals surface area contributed by atoms with Crippen LogP contribution in [0.1, 0.15) is 5.56 Å². The summed E-state index contributed by atoms with van der Waals surface area (Å²) in [5.74, 6) is 1.61. The average molecular weight is 443 g/mol. The minimum Gasteiger partial charge on any atom is -0.493 e.